The van der Waals surface area contributed by atoms with Crippen molar-refractivity contribution in [3.05, 3.63) is 29.3 Å². The van der Waals surface area contributed by atoms with E-state index >= 15 is 0 Å². The smallest absolute Gasteiger partial charge is 0.174 e. The zero-order valence-corrected chi connectivity index (χ0v) is 16.7. The summed E-state index contributed by atoms with van der Waals surface area (Å²) in [6.45, 7) is 4.71. The van der Waals surface area contributed by atoms with E-state index in [9.17, 15) is 0 Å². The van der Waals surface area contributed by atoms with Crippen LogP contribution in [0, 0.1) is 23.2 Å². The van der Waals surface area contributed by atoms with Gasteiger partial charge in [0.15, 0.2) is 5.79 Å². The normalized spacial score (nSPS) is 39.1. The predicted molar refractivity (Wildman–Crippen MR) is 105 cm³/mol. The van der Waals surface area contributed by atoms with Crippen molar-refractivity contribution in [2.24, 2.45) is 28.9 Å². The summed E-state index contributed by atoms with van der Waals surface area (Å²) in [5.74, 6) is 3.27. The van der Waals surface area contributed by atoms with Gasteiger partial charge in [0.25, 0.3) is 0 Å². The van der Waals surface area contributed by atoms with Gasteiger partial charge in [-0.25, -0.2) is 0 Å². The molecule has 4 nitrogen and oxygen atoms in total. The third-order valence-electron chi connectivity index (χ3n) is 8.39. The van der Waals surface area contributed by atoms with Crippen molar-refractivity contribution in [1.29, 1.82) is 0 Å². The average molecular weight is 372 g/mol. The maximum absolute atomic E-state index is 6.35. The van der Waals surface area contributed by atoms with E-state index < -0.39 is 0 Å². The third-order valence-corrected chi connectivity index (χ3v) is 8.39. The molecule has 0 bridgehead atoms. The number of hydrogen-bond donors (Lipinski definition) is 1. The molecule has 2 saturated carbocycles. The summed E-state index contributed by atoms with van der Waals surface area (Å²) in [7, 11) is 1.76. The molecule has 0 aromatic heterocycles. The molecular formula is C23H33NO3. The zero-order chi connectivity index (χ0) is 18.6. The largest absolute Gasteiger partial charge is 0.497 e. The van der Waals surface area contributed by atoms with Crippen LogP contribution in [0.3, 0.4) is 0 Å². The molecule has 4 heteroatoms. The fraction of sp³-hybridized carbons (Fsp3) is 0.739. The highest BCUT2D eigenvalue weighted by Crippen LogP contribution is 2.68. The lowest BCUT2D eigenvalue weighted by Crippen LogP contribution is -2.51. The van der Waals surface area contributed by atoms with Crippen molar-refractivity contribution in [1.82, 2.24) is 0 Å². The third kappa shape index (κ3) is 2.46. The summed E-state index contributed by atoms with van der Waals surface area (Å²) in [5.41, 5.74) is 9.22. The van der Waals surface area contributed by atoms with E-state index in [4.69, 9.17) is 19.9 Å². The summed E-state index contributed by atoms with van der Waals surface area (Å²) in [4.78, 5) is 0. The zero-order valence-electron chi connectivity index (χ0n) is 16.7. The molecule has 0 radical (unpaired) electrons. The highest BCUT2D eigenvalue weighted by atomic mass is 16.7. The number of nitrogens with two attached hydrogens (primary N) is 1. The van der Waals surface area contributed by atoms with Crippen LogP contribution in [0.4, 0.5) is 0 Å². The van der Waals surface area contributed by atoms with E-state index in [1.807, 2.05) is 0 Å². The Labute approximate surface area is 162 Å². The van der Waals surface area contributed by atoms with Gasteiger partial charge >= 0.3 is 0 Å². The summed E-state index contributed by atoms with van der Waals surface area (Å²) in [6.07, 6.45) is 6.97. The van der Waals surface area contributed by atoms with Crippen molar-refractivity contribution in [2.45, 2.75) is 57.2 Å². The standard InChI is InChI=1S/C23H33NO3/c1-22-9-7-19-18-6-4-17(25-2)13-15(18)3-5-20(19)21(22)16(8-10-24)14-23(22)26-11-12-27-23/h4,6,13,16,19-21H,3,5,7-12,14,24H2,1-2H3. The molecule has 2 N–H and O–H groups in total. The molecule has 5 atom stereocenters. The lowest BCUT2D eigenvalue weighted by Gasteiger charge is -2.53. The second-order valence-electron chi connectivity index (χ2n) is 9.35. The first-order valence-corrected chi connectivity index (χ1v) is 10.8. The first kappa shape index (κ1) is 18.0. The van der Waals surface area contributed by atoms with Crippen molar-refractivity contribution >= 4 is 0 Å². The van der Waals surface area contributed by atoms with Gasteiger partial charge in [0.1, 0.15) is 5.75 Å². The lowest BCUT2D eigenvalue weighted by atomic mass is 9.53. The molecule has 1 spiro atoms. The SMILES string of the molecule is COc1ccc2c(c1)CCC1C2CCC2(C)C1C(CCN)CC21OCCO1. The topological polar surface area (TPSA) is 53.7 Å². The highest BCUT2D eigenvalue weighted by molar-refractivity contribution is 5.41. The van der Waals surface area contributed by atoms with Gasteiger partial charge in [0.2, 0.25) is 0 Å². The van der Waals surface area contributed by atoms with Crippen LogP contribution in [0.5, 0.6) is 5.75 Å². The molecule has 4 aliphatic rings. The Kier molecular flexibility index (Phi) is 4.30. The summed E-state index contributed by atoms with van der Waals surface area (Å²) in [6, 6.07) is 6.74. The fourth-order valence-corrected chi connectivity index (χ4v) is 7.35. The molecule has 5 unspecified atom stereocenters. The van der Waals surface area contributed by atoms with E-state index in [1.54, 1.807) is 12.7 Å². The lowest BCUT2D eigenvalue weighted by molar-refractivity contribution is -0.237. The Balaban J connectivity index is 1.52. The number of benzene rings is 1. The summed E-state index contributed by atoms with van der Waals surface area (Å²) < 4.78 is 18.2. The maximum atomic E-state index is 6.35. The van der Waals surface area contributed by atoms with Gasteiger partial charge in [-0.2, -0.15) is 0 Å². The van der Waals surface area contributed by atoms with Crippen LogP contribution in [0.2, 0.25) is 0 Å². The number of hydrogen-bond acceptors (Lipinski definition) is 4. The van der Waals surface area contributed by atoms with E-state index in [0.29, 0.717) is 23.7 Å². The van der Waals surface area contributed by atoms with E-state index in [-0.39, 0.29) is 11.2 Å². The molecule has 1 aromatic carbocycles. The van der Waals surface area contributed by atoms with E-state index in [1.165, 1.54) is 24.8 Å². The van der Waals surface area contributed by atoms with E-state index in [0.717, 1.165) is 44.8 Å². The minimum atomic E-state index is -0.358. The van der Waals surface area contributed by atoms with Gasteiger partial charge < -0.3 is 19.9 Å². The molecule has 1 saturated heterocycles. The summed E-state index contributed by atoms with van der Waals surface area (Å²) in [5, 5.41) is 0. The van der Waals surface area contributed by atoms with Crippen molar-refractivity contribution in [3.63, 3.8) is 0 Å². The van der Waals surface area contributed by atoms with Crippen LogP contribution in [0.1, 0.15) is 56.1 Å². The van der Waals surface area contributed by atoms with Crippen LogP contribution in [-0.2, 0) is 15.9 Å². The Morgan fingerprint density at radius 3 is 2.78 bits per heavy atom. The first-order chi connectivity index (χ1) is 13.1. The van der Waals surface area contributed by atoms with Gasteiger partial charge in [0.05, 0.1) is 20.3 Å². The van der Waals surface area contributed by atoms with Gasteiger partial charge in [-0.15, -0.1) is 0 Å². The number of aryl methyl sites for hydroxylation is 1. The highest BCUT2D eigenvalue weighted by Gasteiger charge is 2.68. The Hall–Kier alpha value is -1.10. The van der Waals surface area contributed by atoms with Crippen LogP contribution >= 0.6 is 0 Å². The van der Waals surface area contributed by atoms with Crippen molar-refractivity contribution in [2.75, 3.05) is 26.9 Å². The fourth-order valence-electron chi connectivity index (χ4n) is 7.35. The van der Waals surface area contributed by atoms with Gasteiger partial charge in [0, 0.05) is 11.8 Å². The van der Waals surface area contributed by atoms with E-state index in [2.05, 4.69) is 25.1 Å². The minimum Gasteiger partial charge on any atom is -0.497 e. The molecule has 1 aliphatic heterocycles. The Morgan fingerprint density at radius 2 is 2.04 bits per heavy atom. The van der Waals surface area contributed by atoms with Crippen molar-refractivity contribution in [3.8, 4) is 5.75 Å². The molecular weight excluding hydrogens is 338 g/mol. The minimum absolute atomic E-state index is 0.120. The summed E-state index contributed by atoms with van der Waals surface area (Å²) >= 11 is 0. The second kappa shape index (κ2) is 6.47. The number of rotatable bonds is 3. The van der Waals surface area contributed by atoms with Gasteiger partial charge in [-0.1, -0.05) is 13.0 Å². The van der Waals surface area contributed by atoms with Crippen LogP contribution in [0.15, 0.2) is 18.2 Å². The van der Waals surface area contributed by atoms with Gasteiger partial charge in [-0.3, -0.25) is 0 Å². The second-order valence-corrected chi connectivity index (χ2v) is 9.35. The number of methoxy groups -OCH3 is 1. The van der Waals surface area contributed by atoms with Crippen molar-refractivity contribution < 1.29 is 14.2 Å². The first-order valence-electron chi connectivity index (χ1n) is 10.8. The number of fused-ring (bicyclic) bond motifs is 6. The van der Waals surface area contributed by atoms with Crippen LogP contribution < -0.4 is 10.5 Å². The monoisotopic (exact) mass is 371 g/mol. The quantitative estimate of drug-likeness (QED) is 0.876. The molecule has 27 heavy (non-hydrogen) atoms. The predicted octanol–water partition coefficient (Wildman–Crippen LogP) is 3.87. The Bertz CT molecular complexity index is 714. The molecule has 3 fully saturated rings. The molecule has 5 rings (SSSR count). The molecule has 1 heterocycles. The average Bonchev–Trinajstić information content (AvgIpc) is 3.25. The molecule has 0 amide bonds. The van der Waals surface area contributed by atoms with Crippen LogP contribution in [0.25, 0.3) is 0 Å². The van der Waals surface area contributed by atoms with Gasteiger partial charge in [-0.05, 0) is 85.6 Å². The molecule has 1 aromatic rings. The van der Waals surface area contributed by atoms with Crippen LogP contribution in [-0.4, -0.2) is 32.7 Å². The maximum Gasteiger partial charge on any atom is 0.174 e. The number of ether oxygens (including phenoxy) is 3. The Morgan fingerprint density at radius 1 is 1.22 bits per heavy atom. The molecule has 148 valence electrons. The molecule has 3 aliphatic carbocycles.